The minimum atomic E-state index is 0.0285. The van der Waals surface area contributed by atoms with Gasteiger partial charge in [0.2, 0.25) is 5.91 Å². The van der Waals surface area contributed by atoms with E-state index < -0.39 is 0 Å². The second kappa shape index (κ2) is 5.01. The van der Waals surface area contributed by atoms with Crippen LogP contribution in [0.1, 0.15) is 24.3 Å². The van der Waals surface area contributed by atoms with Crippen LogP contribution >= 0.6 is 0 Å². The summed E-state index contributed by atoms with van der Waals surface area (Å²) in [4.78, 5) is 15.8. The number of carbonyl (C=O) groups excluding carboxylic acids is 1. The molecule has 1 aliphatic carbocycles. The largest absolute Gasteiger partial charge is 0.441 e. The monoisotopic (exact) mass is 259 g/mol. The van der Waals surface area contributed by atoms with Crippen molar-refractivity contribution in [3.8, 4) is 0 Å². The zero-order valence-corrected chi connectivity index (χ0v) is 10.9. The first-order valence-electron chi connectivity index (χ1n) is 6.57. The van der Waals surface area contributed by atoms with E-state index in [0.29, 0.717) is 25.0 Å². The smallest absolute Gasteiger partial charge is 0.234 e. The molecule has 2 aromatic rings. The van der Waals surface area contributed by atoms with Crippen molar-refractivity contribution in [3.63, 3.8) is 0 Å². The van der Waals surface area contributed by atoms with E-state index in [9.17, 15) is 4.79 Å². The molecule has 1 fully saturated rings. The number of rotatable bonds is 5. The average molecular weight is 259 g/mol. The highest BCUT2D eigenvalue weighted by atomic mass is 16.3. The summed E-state index contributed by atoms with van der Waals surface area (Å²) in [6, 6.07) is 6.35. The van der Waals surface area contributed by atoms with Crippen molar-refractivity contribution in [2.75, 3.05) is 6.54 Å². The van der Waals surface area contributed by atoms with Crippen molar-refractivity contribution in [2.45, 2.75) is 32.4 Å². The van der Waals surface area contributed by atoms with Gasteiger partial charge in [-0.2, -0.15) is 0 Å². The van der Waals surface area contributed by atoms with Gasteiger partial charge in [0.25, 0.3) is 0 Å². The molecule has 1 aromatic heterocycles. The van der Waals surface area contributed by atoms with Gasteiger partial charge in [0.05, 0.1) is 6.54 Å². The Balaban J connectivity index is 1.56. The fraction of sp³-hybridized carbons (Fsp3) is 0.429. The van der Waals surface area contributed by atoms with E-state index in [-0.39, 0.29) is 5.91 Å². The maximum Gasteiger partial charge on any atom is 0.234 e. The van der Waals surface area contributed by atoms with Crippen molar-refractivity contribution >= 4 is 17.0 Å². The van der Waals surface area contributed by atoms with Crippen LogP contribution in [0.4, 0.5) is 0 Å². The molecule has 0 atom stereocenters. The molecule has 100 valence electrons. The molecule has 2 N–H and O–H groups in total. The zero-order chi connectivity index (χ0) is 13.2. The van der Waals surface area contributed by atoms with Crippen LogP contribution in [0.25, 0.3) is 11.1 Å². The maximum absolute atomic E-state index is 11.6. The SMILES string of the molecule is Cc1nc2ccc(CNC(=O)CNC3CC3)cc2o1. The van der Waals surface area contributed by atoms with Crippen LogP contribution in [0, 0.1) is 6.92 Å². The number of benzene rings is 1. The van der Waals surface area contributed by atoms with Gasteiger partial charge in [-0.15, -0.1) is 0 Å². The Kier molecular flexibility index (Phi) is 3.21. The Labute approximate surface area is 111 Å². The van der Waals surface area contributed by atoms with E-state index in [1.54, 1.807) is 0 Å². The molecule has 1 heterocycles. The highest BCUT2D eigenvalue weighted by molar-refractivity contribution is 5.78. The number of aromatic nitrogens is 1. The molecular weight excluding hydrogens is 242 g/mol. The van der Waals surface area contributed by atoms with Gasteiger partial charge < -0.3 is 15.1 Å². The summed E-state index contributed by atoms with van der Waals surface area (Å²) in [7, 11) is 0. The molecule has 3 rings (SSSR count). The molecule has 0 spiro atoms. The predicted octanol–water partition coefficient (Wildman–Crippen LogP) is 1.50. The lowest BCUT2D eigenvalue weighted by molar-refractivity contribution is -0.120. The summed E-state index contributed by atoms with van der Waals surface area (Å²) in [5.74, 6) is 0.686. The first kappa shape index (κ1) is 12.2. The molecule has 0 aliphatic heterocycles. The van der Waals surface area contributed by atoms with Crippen LogP contribution in [-0.4, -0.2) is 23.5 Å². The molecule has 0 radical (unpaired) electrons. The van der Waals surface area contributed by atoms with Crippen molar-refractivity contribution in [1.82, 2.24) is 15.6 Å². The quantitative estimate of drug-likeness (QED) is 0.854. The van der Waals surface area contributed by atoms with E-state index in [2.05, 4.69) is 15.6 Å². The first-order valence-corrected chi connectivity index (χ1v) is 6.57. The van der Waals surface area contributed by atoms with E-state index >= 15 is 0 Å². The molecule has 0 saturated heterocycles. The Hall–Kier alpha value is -1.88. The maximum atomic E-state index is 11.6. The molecule has 5 nitrogen and oxygen atoms in total. The number of fused-ring (bicyclic) bond motifs is 1. The van der Waals surface area contributed by atoms with E-state index in [1.807, 2.05) is 25.1 Å². The third kappa shape index (κ3) is 3.12. The highest BCUT2D eigenvalue weighted by Crippen LogP contribution is 2.18. The van der Waals surface area contributed by atoms with Gasteiger partial charge in [-0.1, -0.05) is 6.07 Å². The Bertz CT molecular complexity index is 602. The lowest BCUT2D eigenvalue weighted by Gasteiger charge is -2.05. The number of hydrogen-bond donors (Lipinski definition) is 2. The molecule has 0 unspecified atom stereocenters. The number of nitrogens with zero attached hydrogens (tertiary/aromatic N) is 1. The molecule has 5 heteroatoms. The van der Waals surface area contributed by atoms with Gasteiger partial charge in [0.15, 0.2) is 11.5 Å². The summed E-state index contributed by atoms with van der Waals surface area (Å²) < 4.78 is 5.47. The van der Waals surface area contributed by atoms with Crippen molar-refractivity contribution < 1.29 is 9.21 Å². The Morgan fingerprint density at radius 3 is 3.11 bits per heavy atom. The summed E-state index contributed by atoms with van der Waals surface area (Å²) in [5, 5.41) is 6.08. The Morgan fingerprint density at radius 1 is 1.47 bits per heavy atom. The van der Waals surface area contributed by atoms with E-state index in [4.69, 9.17) is 4.42 Å². The second-order valence-electron chi connectivity index (χ2n) is 4.97. The van der Waals surface area contributed by atoms with E-state index in [0.717, 1.165) is 16.7 Å². The zero-order valence-electron chi connectivity index (χ0n) is 10.9. The van der Waals surface area contributed by atoms with E-state index in [1.165, 1.54) is 12.8 Å². The molecule has 1 amide bonds. The van der Waals surface area contributed by atoms with Crippen LogP contribution in [0.5, 0.6) is 0 Å². The first-order chi connectivity index (χ1) is 9.20. The van der Waals surface area contributed by atoms with Gasteiger partial charge in [0, 0.05) is 19.5 Å². The number of carbonyl (C=O) groups is 1. The third-order valence-corrected chi connectivity index (χ3v) is 3.18. The van der Waals surface area contributed by atoms with Crippen LogP contribution in [-0.2, 0) is 11.3 Å². The lowest BCUT2D eigenvalue weighted by atomic mass is 10.2. The average Bonchev–Trinajstić information content (AvgIpc) is 3.14. The van der Waals surface area contributed by atoms with Crippen molar-refractivity contribution in [2.24, 2.45) is 0 Å². The molecular formula is C14H17N3O2. The summed E-state index contributed by atoms with van der Waals surface area (Å²) in [6.07, 6.45) is 2.38. The normalized spacial score (nSPS) is 14.8. The van der Waals surface area contributed by atoms with Crippen LogP contribution in [0.15, 0.2) is 22.6 Å². The molecule has 1 aliphatic rings. The number of oxazole rings is 1. The third-order valence-electron chi connectivity index (χ3n) is 3.18. The minimum Gasteiger partial charge on any atom is -0.441 e. The Morgan fingerprint density at radius 2 is 2.32 bits per heavy atom. The summed E-state index contributed by atoms with van der Waals surface area (Å²) in [6.45, 7) is 2.74. The summed E-state index contributed by atoms with van der Waals surface area (Å²) in [5.41, 5.74) is 2.63. The van der Waals surface area contributed by atoms with Gasteiger partial charge in [-0.05, 0) is 30.5 Å². The second-order valence-corrected chi connectivity index (χ2v) is 4.97. The van der Waals surface area contributed by atoms with Crippen LogP contribution in [0.2, 0.25) is 0 Å². The van der Waals surface area contributed by atoms with Gasteiger partial charge in [0.1, 0.15) is 5.52 Å². The molecule has 1 aromatic carbocycles. The standard InChI is InChI=1S/C14H17N3O2/c1-9-17-12-5-2-10(6-13(12)19-9)7-16-14(18)8-15-11-3-4-11/h2,5-6,11,15H,3-4,7-8H2,1H3,(H,16,18). The van der Waals surface area contributed by atoms with Gasteiger partial charge in [-0.25, -0.2) is 4.98 Å². The number of nitrogens with one attached hydrogen (secondary N) is 2. The molecule has 1 saturated carbocycles. The van der Waals surface area contributed by atoms with Crippen molar-refractivity contribution in [3.05, 3.63) is 29.7 Å². The van der Waals surface area contributed by atoms with Crippen LogP contribution < -0.4 is 10.6 Å². The lowest BCUT2D eigenvalue weighted by Crippen LogP contribution is -2.34. The van der Waals surface area contributed by atoms with Crippen molar-refractivity contribution in [1.29, 1.82) is 0 Å². The number of hydrogen-bond acceptors (Lipinski definition) is 4. The van der Waals surface area contributed by atoms with Gasteiger partial charge in [-0.3, -0.25) is 4.79 Å². The minimum absolute atomic E-state index is 0.0285. The molecule has 0 bridgehead atoms. The predicted molar refractivity (Wildman–Crippen MR) is 71.6 cm³/mol. The highest BCUT2D eigenvalue weighted by Gasteiger charge is 2.20. The summed E-state index contributed by atoms with van der Waals surface area (Å²) >= 11 is 0. The topological polar surface area (TPSA) is 67.2 Å². The molecule has 19 heavy (non-hydrogen) atoms. The van der Waals surface area contributed by atoms with Crippen LogP contribution in [0.3, 0.4) is 0 Å². The fourth-order valence-corrected chi connectivity index (χ4v) is 1.98. The number of amides is 1. The number of aryl methyl sites for hydroxylation is 1. The fourth-order valence-electron chi connectivity index (χ4n) is 1.98. The van der Waals surface area contributed by atoms with Gasteiger partial charge >= 0.3 is 0 Å².